The first-order chi connectivity index (χ1) is 15.1. The Bertz CT molecular complexity index is 952. The van der Waals surface area contributed by atoms with Gasteiger partial charge in [0.05, 0.1) is 6.42 Å². The molecule has 2 aromatic rings. The van der Waals surface area contributed by atoms with Gasteiger partial charge in [-0.3, -0.25) is 4.79 Å². The number of nitrogens with zero attached hydrogens (tertiary/aromatic N) is 5. The van der Waals surface area contributed by atoms with E-state index in [1.807, 2.05) is 56.5 Å². The Morgan fingerprint density at radius 1 is 1.29 bits per heavy atom. The molecule has 1 unspecified atom stereocenters. The largest absolute Gasteiger partial charge is 0.355 e. The van der Waals surface area contributed by atoms with E-state index in [-0.39, 0.29) is 11.9 Å². The summed E-state index contributed by atoms with van der Waals surface area (Å²) >= 11 is 1.35. The van der Waals surface area contributed by atoms with Crippen molar-refractivity contribution in [3.8, 4) is 0 Å². The van der Waals surface area contributed by atoms with Gasteiger partial charge < -0.3 is 15.5 Å². The third-order valence-corrected chi connectivity index (χ3v) is 5.74. The average molecular weight is 440 g/mol. The first-order valence-corrected chi connectivity index (χ1v) is 11.3. The number of carbonyl (C=O) groups excluding carboxylic acids is 1. The van der Waals surface area contributed by atoms with Crippen molar-refractivity contribution in [1.82, 2.24) is 15.1 Å². The van der Waals surface area contributed by atoms with Gasteiger partial charge in [-0.1, -0.05) is 54.2 Å². The number of hydrogen-bond donors (Lipinski definition) is 2. The number of likely N-dealkylation sites (tertiary alicyclic amines) is 1. The predicted molar refractivity (Wildman–Crippen MR) is 125 cm³/mol. The number of anilines is 2. The Labute approximate surface area is 187 Å². The number of rotatable bonds is 9. The van der Waals surface area contributed by atoms with Crippen LogP contribution < -0.4 is 10.6 Å². The Hall–Kier alpha value is -3.07. The minimum absolute atomic E-state index is 0.101. The van der Waals surface area contributed by atoms with Crippen molar-refractivity contribution in [2.45, 2.75) is 46.1 Å². The lowest BCUT2D eigenvalue weighted by molar-refractivity contribution is -0.115. The molecule has 0 radical (unpaired) electrons. The summed E-state index contributed by atoms with van der Waals surface area (Å²) in [6, 6.07) is 9.87. The maximum Gasteiger partial charge on any atom is 0.230 e. The second kappa shape index (κ2) is 11.4. The van der Waals surface area contributed by atoms with Gasteiger partial charge >= 0.3 is 0 Å². The van der Waals surface area contributed by atoms with E-state index < -0.39 is 0 Å². The van der Waals surface area contributed by atoms with Gasteiger partial charge in [-0.25, -0.2) is 0 Å². The summed E-state index contributed by atoms with van der Waals surface area (Å²) in [7, 11) is 0. The van der Waals surface area contributed by atoms with Gasteiger partial charge in [-0.15, -0.1) is 15.3 Å². The standard InChI is InChI=1S/C22H29N7OS/c1-4-16(3)14-23-26-19(5-2)29-12-11-18(15-29)24-21-27-28-22(31-21)25-20(30)13-17-9-7-6-8-10-17/h5-10,14,18H,4,11-13,15H2,1-3H3,(H,24,27)(H,25,28,30)/b16-14+,19-5+,26-23+. The first-order valence-electron chi connectivity index (χ1n) is 10.5. The minimum atomic E-state index is -0.101. The van der Waals surface area contributed by atoms with E-state index in [4.69, 9.17) is 0 Å². The van der Waals surface area contributed by atoms with Crippen LogP contribution in [0.4, 0.5) is 10.3 Å². The molecule has 0 aliphatic carbocycles. The Kier molecular flexibility index (Phi) is 8.28. The number of allylic oxidation sites excluding steroid dienone is 2. The maximum absolute atomic E-state index is 12.2. The van der Waals surface area contributed by atoms with E-state index in [0.29, 0.717) is 16.7 Å². The molecule has 3 rings (SSSR count). The van der Waals surface area contributed by atoms with Crippen LogP contribution in [0.25, 0.3) is 0 Å². The Balaban J connectivity index is 1.49. The summed E-state index contributed by atoms with van der Waals surface area (Å²) in [5.41, 5.74) is 2.16. The first kappa shape index (κ1) is 22.6. The molecule has 8 nitrogen and oxygen atoms in total. The van der Waals surface area contributed by atoms with E-state index >= 15 is 0 Å². The lowest BCUT2D eigenvalue weighted by Gasteiger charge is -2.17. The lowest BCUT2D eigenvalue weighted by Crippen LogP contribution is -2.25. The molecule has 2 N–H and O–H groups in total. The monoisotopic (exact) mass is 439 g/mol. The molecule has 1 aromatic heterocycles. The molecule has 0 saturated carbocycles. The number of hydrogen-bond acceptors (Lipinski definition) is 8. The molecule has 1 fully saturated rings. The van der Waals surface area contributed by atoms with Crippen molar-refractivity contribution in [3.63, 3.8) is 0 Å². The van der Waals surface area contributed by atoms with Crippen molar-refractivity contribution in [3.05, 3.63) is 59.6 Å². The molecule has 2 heterocycles. The van der Waals surface area contributed by atoms with Crippen LogP contribution in [0.2, 0.25) is 0 Å². The fourth-order valence-corrected chi connectivity index (χ4v) is 3.86. The number of aromatic nitrogens is 2. The average Bonchev–Trinajstić information content (AvgIpc) is 3.41. The van der Waals surface area contributed by atoms with E-state index in [9.17, 15) is 4.79 Å². The van der Waals surface area contributed by atoms with Gasteiger partial charge in [0.1, 0.15) is 5.82 Å². The molecule has 9 heteroatoms. The van der Waals surface area contributed by atoms with E-state index in [2.05, 4.69) is 42.9 Å². The molecule has 0 spiro atoms. The second-order valence-corrected chi connectivity index (χ2v) is 8.37. The molecule has 1 aliphatic rings. The number of carbonyl (C=O) groups is 1. The molecule has 164 valence electrons. The van der Waals surface area contributed by atoms with E-state index in [1.54, 1.807) is 0 Å². The van der Waals surface area contributed by atoms with Crippen LogP contribution in [0.1, 0.15) is 39.2 Å². The summed E-state index contributed by atoms with van der Waals surface area (Å²) in [4.78, 5) is 14.4. The summed E-state index contributed by atoms with van der Waals surface area (Å²) in [6.45, 7) is 7.82. The van der Waals surface area contributed by atoms with Crippen LogP contribution in [0.5, 0.6) is 0 Å². The van der Waals surface area contributed by atoms with Crippen molar-refractivity contribution in [2.75, 3.05) is 23.7 Å². The van der Waals surface area contributed by atoms with Crippen LogP contribution in [-0.2, 0) is 11.2 Å². The van der Waals surface area contributed by atoms with Gasteiger partial charge in [0, 0.05) is 25.3 Å². The zero-order valence-electron chi connectivity index (χ0n) is 18.2. The molecule has 1 amide bonds. The number of nitrogens with one attached hydrogen (secondary N) is 2. The van der Waals surface area contributed by atoms with Crippen LogP contribution >= 0.6 is 11.3 Å². The van der Waals surface area contributed by atoms with Gasteiger partial charge in [0.25, 0.3) is 0 Å². The highest BCUT2D eigenvalue weighted by atomic mass is 32.1. The van der Waals surface area contributed by atoms with Crippen LogP contribution in [-0.4, -0.2) is 40.1 Å². The van der Waals surface area contributed by atoms with Crippen LogP contribution in [0, 0.1) is 0 Å². The molecule has 1 aliphatic heterocycles. The fourth-order valence-electron chi connectivity index (χ4n) is 3.12. The molecule has 31 heavy (non-hydrogen) atoms. The zero-order chi connectivity index (χ0) is 22.1. The Morgan fingerprint density at radius 3 is 2.81 bits per heavy atom. The quantitative estimate of drug-likeness (QED) is 0.546. The van der Waals surface area contributed by atoms with Crippen molar-refractivity contribution in [1.29, 1.82) is 0 Å². The summed E-state index contributed by atoms with van der Waals surface area (Å²) in [5.74, 6) is 0.770. The summed E-state index contributed by atoms with van der Waals surface area (Å²) in [5, 5.41) is 24.3. The highest BCUT2D eigenvalue weighted by Crippen LogP contribution is 2.24. The van der Waals surface area contributed by atoms with Crippen molar-refractivity contribution >= 4 is 27.5 Å². The minimum Gasteiger partial charge on any atom is -0.355 e. The molecular formula is C22H29N7OS. The van der Waals surface area contributed by atoms with Gasteiger partial charge in [0.15, 0.2) is 0 Å². The smallest absolute Gasteiger partial charge is 0.230 e. The summed E-state index contributed by atoms with van der Waals surface area (Å²) in [6.07, 6.45) is 6.04. The van der Waals surface area contributed by atoms with Crippen LogP contribution in [0.15, 0.2) is 64.2 Å². The van der Waals surface area contributed by atoms with Gasteiger partial charge in [0.2, 0.25) is 16.2 Å². The van der Waals surface area contributed by atoms with Gasteiger partial charge in [-0.05, 0) is 38.3 Å². The summed E-state index contributed by atoms with van der Waals surface area (Å²) < 4.78 is 0. The number of azo groups is 1. The van der Waals surface area contributed by atoms with Gasteiger partial charge in [-0.2, -0.15) is 5.11 Å². The third kappa shape index (κ3) is 6.99. The maximum atomic E-state index is 12.2. The molecular weight excluding hydrogens is 410 g/mol. The van der Waals surface area contributed by atoms with Crippen molar-refractivity contribution in [2.24, 2.45) is 10.2 Å². The molecule has 1 atom stereocenters. The second-order valence-electron chi connectivity index (χ2n) is 7.39. The number of benzene rings is 1. The SMILES string of the molecule is C\C=C(/N=N/C=C(\C)CC)N1CCC(Nc2nnc(NC(=O)Cc3ccccc3)s2)C1. The fraction of sp³-hybridized carbons (Fsp3) is 0.409. The third-order valence-electron chi connectivity index (χ3n) is 4.97. The highest BCUT2D eigenvalue weighted by Gasteiger charge is 2.25. The van der Waals surface area contributed by atoms with Crippen molar-refractivity contribution < 1.29 is 4.79 Å². The topological polar surface area (TPSA) is 94.9 Å². The highest BCUT2D eigenvalue weighted by molar-refractivity contribution is 7.19. The predicted octanol–water partition coefficient (Wildman–Crippen LogP) is 4.83. The normalized spacial score (nSPS) is 17.4. The van der Waals surface area contributed by atoms with E-state index in [1.165, 1.54) is 16.9 Å². The number of amides is 1. The Morgan fingerprint density at radius 2 is 2.06 bits per heavy atom. The lowest BCUT2D eigenvalue weighted by atomic mass is 10.1. The molecule has 0 bridgehead atoms. The molecule has 1 aromatic carbocycles. The van der Waals surface area contributed by atoms with E-state index in [0.717, 1.165) is 37.3 Å². The molecule has 1 saturated heterocycles. The zero-order valence-corrected chi connectivity index (χ0v) is 19.0. The van der Waals surface area contributed by atoms with Crippen LogP contribution in [0.3, 0.4) is 0 Å².